The van der Waals surface area contributed by atoms with Crippen LogP contribution in [0.3, 0.4) is 0 Å². The van der Waals surface area contributed by atoms with Crippen LogP contribution in [0.5, 0.6) is 0 Å². The molecule has 0 amide bonds. The van der Waals surface area contributed by atoms with Crippen LogP contribution in [-0.2, 0) is 5.54 Å². The molecule has 116 valence electrons. The molecule has 1 aromatic carbocycles. The number of halogens is 1. The van der Waals surface area contributed by atoms with E-state index in [1.54, 1.807) is 18.3 Å². The average Bonchev–Trinajstić information content (AvgIpc) is 3.32. The molecule has 3 rings (SSSR count). The third kappa shape index (κ3) is 2.97. The highest BCUT2D eigenvalue weighted by molar-refractivity contribution is 5.48. The lowest BCUT2D eigenvalue weighted by Crippen LogP contribution is -2.38. The van der Waals surface area contributed by atoms with Crippen LogP contribution in [-0.4, -0.2) is 4.98 Å². The summed E-state index contributed by atoms with van der Waals surface area (Å²) in [7, 11) is 0. The van der Waals surface area contributed by atoms with Crippen molar-refractivity contribution in [1.29, 1.82) is 0 Å². The minimum atomic E-state index is -0.655. The number of rotatable bonds is 5. The van der Waals surface area contributed by atoms with Gasteiger partial charge in [-0.2, -0.15) is 0 Å². The number of nitrogens with zero attached hydrogens (tertiary/aromatic N) is 1. The second-order valence-electron chi connectivity index (χ2n) is 6.38. The monoisotopic (exact) mass is 299 g/mol. The number of nitrogens with two attached hydrogens (primary N) is 2. The number of benzene rings is 1. The molecule has 1 aliphatic rings. The Morgan fingerprint density at radius 3 is 2.59 bits per heavy atom. The minimum absolute atomic E-state index is 0.143. The van der Waals surface area contributed by atoms with E-state index in [0.29, 0.717) is 0 Å². The van der Waals surface area contributed by atoms with Crippen molar-refractivity contribution in [3.05, 3.63) is 59.2 Å². The summed E-state index contributed by atoms with van der Waals surface area (Å²) in [6.45, 7) is 1.95. The van der Waals surface area contributed by atoms with Gasteiger partial charge in [-0.25, -0.2) is 4.39 Å². The molecule has 1 atom stereocenters. The molecule has 0 saturated heterocycles. The van der Waals surface area contributed by atoms with E-state index in [0.717, 1.165) is 35.6 Å². The quantitative estimate of drug-likeness (QED) is 0.830. The summed E-state index contributed by atoms with van der Waals surface area (Å²) in [5.74, 6) is 0.378. The molecule has 3 nitrogen and oxygen atoms in total. The summed E-state index contributed by atoms with van der Waals surface area (Å²) in [5, 5.41) is 0. The standard InChI is InChI=1S/C18H22FN3/c1-12-10-15(7-9-22-12)18(21,8-6-13-2-3-13)14-4-5-16(19)17(20)11-14/h4-5,7,9-11,13H,2-3,6,8,20-21H2,1H3. The van der Waals surface area contributed by atoms with E-state index in [-0.39, 0.29) is 5.69 Å². The van der Waals surface area contributed by atoms with Gasteiger partial charge in [0.2, 0.25) is 0 Å². The fourth-order valence-electron chi connectivity index (χ4n) is 2.94. The zero-order valence-electron chi connectivity index (χ0n) is 12.8. The summed E-state index contributed by atoms with van der Waals surface area (Å²) in [4.78, 5) is 4.25. The van der Waals surface area contributed by atoms with Gasteiger partial charge in [-0.15, -0.1) is 0 Å². The van der Waals surface area contributed by atoms with E-state index in [2.05, 4.69) is 4.98 Å². The van der Waals surface area contributed by atoms with E-state index in [9.17, 15) is 4.39 Å². The van der Waals surface area contributed by atoms with Gasteiger partial charge in [0, 0.05) is 11.9 Å². The molecule has 4 N–H and O–H groups in total. The summed E-state index contributed by atoms with van der Waals surface area (Å²) in [5.41, 5.74) is 14.8. The van der Waals surface area contributed by atoms with E-state index in [4.69, 9.17) is 11.5 Å². The Morgan fingerprint density at radius 2 is 1.95 bits per heavy atom. The molecule has 1 heterocycles. The third-order valence-corrected chi connectivity index (χ3v) is 4.57. The van der Waals surface area contributed by atoms with Gasteiger partial charge >= 0.3 is 0 Å². The SMILES string of the molecule is Cc1cc(C(N)(CCC2CC2)c2ccc(F)c(N)c2)ccn1. The Hall–Kier alpha value is -1.94. The maximum atomic E-state index is 13.5. The first-order valence-electron chi connectivity index (χ1n) is 7.76. The number of nitrogen functional groups attached to an aromatic ring is 1. The van der Waals surface area contributed by atoms with E-state index < -0.39 is 11.4 Å². The molecule has 0 radical (unpaired) electrons. The van der Waals surface area contributed by atoms with Crippen molar-refractivity contribution in [1.82, 2.24) is 4.98 Å². The van der Waals surface area contributed by atoms with Gasteiger partial charge in [0.1, 0.15) is 5.82 Å². The fourth-order valence-corrected chi connectivity index (χ4v) is 2.94. The first kappa shape index (κ1) is 15.0. The van der Waals surface area contributed by atoms with Gasteiger partial charge in [0.15, 0.2) is 0 Å². The molecule has 1 fully saturated rings. The van der Waals surface area contributed by atoms with Crippen LogP contribution in [0.1, 0.15) is 42.5 Å². The smallest absolute Gasteiger partial charge is 0.146 e. The maximum Gasteiger partial charge on any atom is 0.146 e. The number of aryl methyl sites for hydroxylation is 1. The molecule has 1 unspecified atom stereocenters. The Bertz CT molecular complexity index is 682. The van der Waals surface area contributed by atoms with E-state index in [1.807, 2.05) is 19.1 Å². The topological polar surface area (TPSA) is 64.9 Å². The van der Waals surface area contributed by atoms with Crippen LogP contribution in [0.2, 0.25) is 0 Å². The van der Waals surface area contributed by atoms with Crippen LogP contribution in [0.4, 0.5) is 10.1 Å². The molecule has 0 bridgehead atoms. The lowest BCUT2D eigenvalue weighted by atomic mass is 9.79. The maximum absolute atomic E-state index is 13.5. The first-order chi connectivity index (χ1) is 10.5. The molecular formula is C18H22FN3. The van der Waals surface area contributed by atoms with Gasteiger partial charge in [-0.1, -0.05) is 18.9 Å². The number of pyridine rings is 1. The van der Waals surface area contributed by atoms with Crippen molar-refractivity contribution >= 4 is 5.69 Å². The molecule has 1 saturated carbocycles. The highest BCUT2D eigenvalue weighted by atomic mass is 19.1. The van der Waals surface area contributed by atoms with Gasteiger partial charge in [-0.3, -0.25) is 4.98 Å². The zero-order valence-corrected chi connectivity index (χ0v) is 12.8. The minimum Gasteiger partial charge on any atom is -0.396 e. The second-order valence-corrected chi connectivity index (χ2v) is 6.38. The lowest BCUT2D eigenvalue weighted by Gasteiger charge is -2.31. The summed E-state index contributed by atoms with van der Waals surface area (Å²) in [6.07, 6.45) is 6.26. The highest BCUT2D eigenvalue weighted by Gasteiger charge is 2.33. The predicted octanol–water partition coefficient (Wildman–Crippen LogP) is 3.50. The van der Waals surface area contributed by atoms with Crippen LogP contribution >= 0.6 is 0 Å². The molecular weight excluding hydrogens is 277 g/mol. The van der Waals surface area contributed by atoms with Crippen molar-refractivity contribution in [2.24, 2.45) is 11.7 Å². The van der Waals surface area contributed by atoms with Gasteiger partial charge < -0.3 is 11.5 Å². The van der Waals surface area contributed by atoms with Crippen molar-refractivity contribution in [3.63, 3.8) is 0 Å². The number of anilines is 1. The van der Waals surface area contributed by atoms with E-state index in [1.165, 1.54) is 18.9 Å². The molecule has 22 heavy (non-hydrogen) atoms. The van der Waals surface area contributed by atoms with Crippen molar-refractivity contribution in [3.8, 4) is 0 Å². The van der Waals surface area contributed by atoms with E-state index >= 15 is 0 Å². The van der Waals surface area contributed by atoms with Crippen LogP contribution in [0.25, 0.3) is 0 Å². The summed E-state index contributed by atoms with van der Waals surface area (Å²) < 4.78 is 13.5. The predicted molar refractivity (Wildman–Crippen MR) is 86.7 cm³/mol. The van der Waals surface area contributed by atoms with Gasteiger partial charge in [0.25, 0.3) is 0 Å². The highest BCUT2D eigenvalue weighted by Crippen LogP contribution is 2.40. The number of hydrogen-bond acceptors (Lipinski definition) is 3. The Labute approximate surface area is 130 Å². The fraction of sp³-hybridized carbons (Fsp3) is 0.389. The second kappa shape index (κ2) is 5.69. The Kier molecular flexibility index (Phi) is 3.87. The number of aromatic nitrogens is 1. The molecule has 2 aromatic rings. The molecule has 1 aromatic heterocycles. The molecule has 4 heteroatoms. The third-order valence-electron chi connectivity index (χ3n) is 4.57. The normalized spacial score (nSPS) is 17.2. The lowest BCUT2D eigenvalue weighted by molar-refractivity contribution is 0.454. The van der Waals surface area contributed by atoms with Crippen LogP contribution in [0.15, 0.2) is 36.5 Å². The van der Waals surface area contributed by atoms with Gasteiger partial charge in [0.05, 0.1) is 11.2 Å². The average molecular weight is 299 g/mol. The zero-order chi connectivity index (χ0) is 15.7. The van der Waals surface area contributed by atoms with Crippen molar-refractivity contribution in [2.45, 2.75) is 38.1 Å². The Morgan fingerprint density at radius 1 is 1.23 bits per heavy atom. The summed E-state index contributed by atoms with van der Waals surface area (Å²) in [6, 6.07) is 8.76. The molecule has 0 spiro atoms. The largest absolute Gasteiger partial charge is 0.396 e. The van der Waals surface area contributed by atoms with Crippen molar-refractivity contribution in [2.75, 3.05) is 5.73 Å². The molecule has 1 aliphatic carbocycles. The Balaban J connectivity index is 2.02. The van der Waals surface area contributed by atoms with Crippen LogP contribution in [0, 0.1) is 18.7 Å². The number of hydrogen-bond donors (Lipinski definition) is 2. The first-order valence-corrected chi connectivity index (χ1v) is 7.76. The summed E-state index contributed by atoms with van der Waals surface area (Å²) >= 11 is 0. The van der Waals surface area contributed by atoms with Crippen molar-refractivity contribution < 1.29 is 4.39 Å². The van der Waals surface area contributed by atoms with Gasteiger partial charge in [-0.05, 0) is 61.1 Å². The molecule has 0 aliphatic heterocycles. The van der Waals surface area contributed by atoms with Crippen LogP contribution < -0.4 is 11.5 Å².